The lowest BCUT2D eigenvalue weighted by molar-refractivity contribution is -0.122. The van der Waals surface area contributed by atoms with Gasteiger partial charge < -0.3 is 15.5 Å². The summed E-state index contributed by atoms with van der Waals surface area (Å²) in [6.07, 6.45) is 3.56. The molecule has 1 rings (SSSR count). The summed E-state index contributed by atoms with van der Waals surface area (Å²) in [5.74, 6) is 2.42. The molecule has 1 aromatic rings. The van der Waals surface area contributed by atoms with Crippen molar-refractivity contribution in [3.8, 4) is 0 Å². The number of carbonyl (C=O) groups is 1. The van der Waals surface area contributed by atoms with Crippen LogP contribution in [0.2, 0.25) is 0 Å². The predicted molar refractivity (Wildman–Crippen MR) is 81.4 cm³/mol. The van der Waals surface area contributed by atoms with Crippen LogP contribution in [0.4, 0.5) is 0 Å². The van der Waals surface area contributed by atoms with Crippen LogP contribution < -0.4 is 11.1 Å². The lowest BCUT2D eigenvalue weighted by Gasteiger charge is -2.16. The first-order valence-electron chi connectivity index (χ1n) is 7.54. The van der Waals surface area contributed by atoms with Crippen LogP contribution >= 0.6 is 0 Å². The van der Waals surface area contributed by atoms with E-state index in [0.717, 1.165) is 36.3 Å². The fourth-order valence-electron chi connectivity index (χ4n) is 2.60. The lowest BCUT2D eigenvalue weighted by Crippen LogP contribution is -2.27. The zero-order valence-corrected chi connectivity index (χ0v) is 13.2. The molecule has 3 N–H and O–H groups in total. The molecular formula is C16H28N2O2. The zero-order chi connectivity index (χ0) is 15.1. The van der Waals surface area contributed by atoms with E-state index in [4.69, 9.17) is 10.2 Å². The highest BCUT2D eigenvalue weighted by atomic mass is 16.3. The SMILES string of the molecule is CCC(CCN)CCC(=O)NC(C)c1cc(C)oc1C. The Morgan fingerprint density at radius 1 is 1.40 bits per heavy atom. The van der Waals surface area contributed by atoms with Crippen molar-refractivity contribution < 1.29 is 9.21 Å². The van der Waals surface area contributed by atoms with E-state index in [-0.39, 0.29) is 11.9 Å². The van der Waals surface area contributed by atoms with E-state index in [1.165, 1.54) is 0 Å². The fourth-order valence-corrected chi connectivity index (χ4v) is 2.60. The maximum Gasteiger partial charge on any atom is 0.220 e. The number of carbonyl (C=O) groups excluding carboxylic acids is 1. The molecule has 1 heterocycles. The second kappa shape index (κ2) is 8.10. The van der Waals surface area contributed by atoms with E-state index < -0.39 is 0 Å². The standard InChI is InChI=1S/C16H28N2O2/c1-5-14(8-9-17)6-7-16(19)18-12(3)15-10-11(2)20-13(15)4/h10,12,14H,5-9,17H2,1-4H3,(H,18,19). The van der Waals surface area contributed by atoms with Crippen molar-refractivity contribution in [2.75, 3.05) is 6.54 Å². The van der Waals surface area contributed by atoms with Crippen LogP contribution in [0.25, 0.3) is 0 Å². The van der Waals surface area contributed by atoms with Gasteiger partial charge in [0, 0.05) is 12.0 Å². The molecule has 2 atom stereocenters. The fraction of sp³-hybridized carbons (Fsp3) is 0.688. The smallest absolute Gasteiger partial charge is 0.220 e. The van der Waals surface area contributed by atoms with E-state index in [0.29, 0.717) is 18.9 Å². The van der Waals surface area contributed by atoms with Crippen LogP contribution in [0.1, 0.15) is 62.7 Å². The molecule has 1 aromatic heterocycles. The topological polar surface area (TPSA) is 68.3 Å². The first-order valence-corrected chi connectivity index (χ1v) is 7.54. The molecule has 2 unspecified atom stereocenters. The van der Waals surface area contributed by atoms with Crippen molar-refractivity contribution in [2.24, 2.45) is 11.7 Å². The van der Waals surface area contributed by atoms with E-state index >= 15 is 0 Å². The van der Waals surface area contributed by atoms with E-state index in [9.17, 15) is 4.79 Å². The van der Waals surface area contributed by atoms with Crippen LogP contribution in [0.3, 0.4) is 0 Å². The Bertz CT molecular complexity index is 426. The van der Waals surface area contributed by atoms with Gasteiger partial charge in [-0.3, -0.25) is 4.79 Å². The van der Waals surface area contributed by atoms with Crippen molar-refractivity contribution in [1.29, 1.82) is 0 Å². The highest BCUT2D eigenvalue weighted by Crippen LogP contribution is 2.21. The molecule has 0 bridgehead atoms. The first-order chi connectivity index (χ1) is 9.47. The number of hydrogen-bond acceptors (Lipinski definition) is 3. The van der Waals surface area contributed by atoms with Crippen LogP contribution in [0.15, 0.2) is 10.5 Å². The molecule has 0 aromatic carbocycles. The van der Waals surface area contributed by atoms with Gasteiger partial charge >= 0.3 is 0 Å². The average molecular weight is 280 g/mol. The summed E-state index contributed by atoms with van der Waals surface area (Å²) in [5, 5.41) is 3.04. The molecular weight excluding hydrogens is 252 g/mol. The third-order valence-electron chi connectivity index (χ3n) is 3.86. The van der Waals surface area contributed by atoms with Gasteiger partial charge in [-0.25, -0.2) is 0 Å². The number of rotatable bonds is 8. The molecule has 0 spiro atoms. The molecule has 0 fully saturated rings. The zero-order valence-electron chi connectivity index (χ0n) is 13.2. The quantitative estimate of drug-likeness (QED) is 0.768. The molecule has 4 nitrogen and oxygen atoms in total. The second-order valence-electron chi connectivity index (χ2n) is 5.55. The van der Waals surface area contributed by atoms with Crippen molar-refractivity contribution in [3.05, 3.63) is 23.2 Å². The Hall–Kier alpha value is -1.29. The summed E-state index contributed by atoms with van der Waals surface area (Å²) < 4.78 is 5.50. The van der Waals surface area contributed by atoms with Crippen LogP contribution in [-0.4, -0.2) is 12.5 Å². The van der Waals surface area contributed by atoms with E-state index in [2.05, 4.69) is 12.2 Å². The van der Waals surface area contributed by atoms with Gasteiger partial charge in [-0.05, 0) is 52.1 Å². The molecule has 4 heteroatoms. The lowest BCUT2D eigenvalue weighted by atomic mass is 9.96. The summed E-state index contributed by atoms with van der Waals surface area (Å²) >= 11 is 0. The minimum Gasteiger partial charge on any atom is -0.466 e. The van der Waals surface area contributed by atoms with E-state index in [1.807, 2.05) is 26.8 Å². The average Bonchev–Trinajstić information content (AvgIpc) is 2.73. The Morgan fingerprint density at radius 2 is 2.10 bits per heavy atom. The first kappa shape index (κ1) is 16.8. The molecule has 0 aliphatic heterocycles. The van der Waals surface area contributed by atoms with Crippen molar-refractivity contribution >= 4 is 5.91 Å². The van der Waals surface area contributed by atoms with Gasteiger partial charge in [-0.15, -0.1) is 0 Å². The summed E-state index contributed by atoms with van der Waals surface area (Å²) in [7, 11) is 0. The largest absolute Gasteiger partial charge is 0.466 e. The monoisotopic (exact) mass is 280 g/mol. The number of aryl methyl sites for hydroxylation is 2. The van der Waals surface area contributed by atoms with Gasteiger partial charge in [0.25, 0.3) is 0 Å². The van der Waals surface area contributed by atoms with Crippen LogP contribution in [-0.2, 0) is 4.79 Å². The highest BCUT2D eigenvalue weighted by molar-refractivity contribution is 5.76. The third-order valence-corrected chi connectivity index (χ3v) is 3.86. The predicted octanol–water partition coefficient (Wildman–Crippen LogP) is 3.23. The molecule has 0 aliphatic rings. The maximum atomic E-state index is 12.0. The van der Waals surface area contributed by atoms with Gasteiger partial charge in [-0.2, -0.15) is 0 Å². The molecule has 0 aliphatic carbocycles. The van der Waals surface area contributed by atoms with E-state index in [1.54, 1.807) is 0 Å². The van der Waals surface area contributed by atoms with Gasteiger partial charge in [0.15, 0.2) is 0 Å². The molecule has 0 saturated carbocycles. The highest BCUT2D eigenvalue weighted by Gasteiger charge is 2.16. The number of nitrogens with one attached hydrogen (secondary N) is 1. The molecule has 0 saturated heterocycles. The summed E-state index contributed by atoms with van der Waals surface area (Å²) in [6.45, 7) is 8.69. The van der Waals surface area contributed by atoms with Crippen molar-refractivity contribution in [1.82, 2.24) is 5.32 Å². The number of amides is 1. The number of hydrogen-bond donors (Lipinski definition) is 2. The van der Waals surface area contributed by atoms with Crippen LogP contribution in [0, 0.1) is 19.8 Å². The second-order valence-corrected chi connectivity index (χ2v) is 5.55. The maximum absolute atomic E-state index is 12.0. The van der Waals surface area contributed by atoms with Gasteiger partial charge in [-0.1, -0.05) is 13.3 Å². The summed E-state index contributed by atoms with van der Waals surface area (Å²) in [5.41, 5.74) is 6.64. The summed E-state index contributed by atoms with van der Waals surface area (Å²) in [6, 6.07) is 1.98. The van der Waals surface area contributed by atoms with Crippen molar-refractivity contribution in [2.45, 2.75) is 59.4 Å². The molecule has 0 radical (unpaired) electrons. The Balaban J connectivity index is 2.44. The normalized spacial score (nSPS) is 14.1. The van der Waals surface area contributed by atoms with Gasteiger partial charge in [0.2, 0.25) is 5.91 Å². The summed E-state index contributed by atoms with van der Waals surface area (Å²) in [4.78, 5) is 12.0. The van der Waals surface area contributed by atoms with Crippen molar-refractivity contribution in [3.63, 3.8) is 0 Å². The van der Waals surface area contributed by atoms with Crippen LogP contribution in [0.5, 0.6) is 0 Å². The Kier molecular flexibility index (Phi) is 6.79. The third kappa shape index (κ3) is 5.00. The minimum absolute atomic E-state index is 0.00506. The van der Waals surface area contributed by atoms with Gasteiger partial charge in [0.1, 0.15) is 11.5 Å². The molecule has 20 heavy (non-hydrogen) atoms. The molecule has 114 valence electrons. The Morgan fingerprint density at radius 3 is 2.60 bits per heavy atom. The number of furan rings is 1. The molecule has 1 amide bonds. The number of nitrogens with two attached hydrogens (primary N) is 1. The van der Waals surface area contributed by atoms with Gasteiger partial charge in [0.05, 0.1) is 6.04 Å². The minimum atomic E-state index is -0.00506. The Labute approximate surface area is 122 Å².